The predicted molar refractivity (Wildman–Crippen MR) is 97.1 cm³/mol. The summed E-state index contributed by atoms with van der Waals surface area (Å²) >= 11 is 0. The maximum atomic E-state index is 12.1. The van der Waals surface area contributed by atoms with E-state index in [0.717, 1.165) is 5.56 Å². The summed E-state index contributed by atoms with van der Waals surface area (Å²) in [6, 6.07) is 14.2. The first-order valence-corrected chi connectivity index (χ1v) is 9.30. The lowest BCUT2D eigenvalue weighted by Gasteiger charge is -2.08. The molecule has 27 heavy (non-hydrogen) atoms. The molecule has 2 aromatic rings. The van der Waals surface area contributed by atoms with E-state index in [2.05, 4.69) is 10.0 Å². The predicted octanol–water partition coefficient (Wildman–Crippen LogP) is 1.33. The zero-order valence-corrected chi connectivity index (χ0v) is 15.2. The highest BCUT2D eigenvalue weighted by Gasteiger charge is 2.16. The molecule has 9 heteroatoms. The molecular formula is C18H17N3O5S. The monoisotopic (exact) mass is 387 g/mol. The van der Waals surface area contributed by atoms with Crippen molar-refractivity contribution in [2.45, 2.75) is 11.8 Å². The number of nitriles is 1. The molecule has 0 aliphatic heterocycles. The molecule has 1 amide bonds. The summed E-state index contributed by atoms with van der Waals surface area (Å²) in [5.41, 5.74) is 1.79. The average molecular weight is 387 g/mol. The van der Waals surface area contributed by atoms with Crippen molar-refractivity contribution in [2.24, 2.45) is 0 Å². The Labute approximate surface area is 156 Å². The topological polar surface area (TPSA) is 125 Å². The van der Waals surface area contributed by atoms with Crippen LogP contribution in [0.5, 0.6) is 0 Å². The molecule has 0 saturated carbocycles. The number of nitrogens with one attached hydrogen (secondary N) is 2. The fourth-order valence-electron chi connectivity index (χ4n) is 1.98. The molecule has 0 aliphatic rings. The SMILES string of the molecule is Cc1ccc(S(=O)(=O)NCC(=O)OCC(=O)Nc2ccc(C#N)cc2)cc1. The standard InChI is InChI=1S/C18H17N3O5S/c1-13-2-8-16(9-3-13)27(24,25)20-11-18(23)26-12-17(22)21-15-6-4-14(10-19)5-7-15/h2-9,20H,11-12H2,1H3,(H,21,22). The number of carbonyl (C=O) groups excluding carboxylic acids is 2. The van der Waals surface area contributed by atoms with E-state index in [1.807, 2.05) is 13.0 Å². The molecule has 0 aromatic heterocycles. The lowest BCUT2D eigenvalue weighted by atomic mass is 10.2. The maximum absolute atomic E-state index is 12.1. The molecule has 0 spiro atoms. The van der Waals surface area contributed by atoms with Crippen molar-refractivity contribution < 1.29 is 22.7 Å². The van der Waals surface area contributed by atoms with Crippen molar-refractivity contribution >= 4 is 27.6 Å². The Morgan fingerprint density at radius 1 is 1.07 bits per heavy atom. The highest BCUT2D eigenvalue weighted by Crippen LogP contribution is 2.10. The minimum absolute atomic E-state index is 0.0273. The van der Waals surface area contributed by atoms with Crippen LogP contribution in [0.15, 0.2) is 53.4 Å². The number of esters is 1. The summed E-state index contributed by atoms with van der Waals surface area (Å²) in [6.45, 7) is 0.662. The van der Waals surface area contributed by atoms with Gasteiger partial charge in [0.25, 0.3) is 5.91 Å². The third-order valence-corrected chi connectivity index (χ3v) is 4.82. The van der Waals surface area contributed by atoms with Gasteiger partial charge in [0.15, 0.2) is 6.61 Å². The summed E-state index contributed by atoms with van der Waals surface area (Å²) in [7, 11) is -3.84. The van der Waals surface area contributed by atoms with Gasteiger partial charge in [-0.2, -0.15) is 9.98 Å². The van der Waals surface area contributed by atoms with Crippen LogP contribution in [0.2, 0.25) is 0 Å². The molecule has 0 saturated heterocycles. The third kappa shape index (κ3) is 6.22. The normalized spacial score (nSPS) is 10.7. The molecule has 0 fully saturated rings. The van der Waals surface area contributed by atoms with Crippen LogP contribution in [-0.4, -0.2) is 33.4 Å². The van der Waals surface area contributed by atoms with Gasteiger partial charge >= 0.3 is 5.97 Å². The molecule has 0 radical (unpaired) electrons. The van der Waals surface area contributed by atoms with Crippen LogP contribution in [0.3, 0.4) is 0 Å². The number of ether oxygens (including phenoxy) is 1. The number of nitrogens with zero attached hydrogens (tertiary/aromatic N) is 1. The van der Waals surface area contributed by atoms with Crippen molar-refractivity contribution in [3.63, 3.8) is 0 Å². The van der Waals surface area contributed by atoms with Gasteiger partial charge in [0, 0.05) is 5.69 Å². The molecule has 140 valence electrons. The van der Waals surface area contributed by atoms with Gasteiger partial charge in [-0.15, -0.1) is 0 Å². The van der Waals surface area contributed by atoms with E-state index in [1.54, 1.807) is 12.1 Å². The van der Waals surface area contributed by atoms with Gasteiger partial charge in [0.05, 0.1) is 16.5 Å². The zero-order valence-electron chi connectivity index (χ0n) is 14.4. The highest BCUT2D eigenvalue weighted by atomic mass is 32.2. The molecule has 2 rings (SSSR count). The largest absolute Gasteiger partial charge is 0.455 e. The second-order valence-electron chi connectivity index (χ2n) is 5.54. The van der Waals surface area contributed by atoms with Crippen LogP contribution in [0.1, 0.15) is 11.1 Å². The van der Waals surface area contributed by atoms with Gasteiger partial charge in [-0.25, -0.2) is 8.42 Å². The van der Waals surface area contributed by atoms with Gasteiger partial charge in [0.2, 0.25) is 10.0 Å². The van der Waals surface area contributed by atoms with Gasteiger partial charge in [-0.1, -0.05) is 17.7 Å². The lowest BCUT2D eigenvalue weighted by Crippen LogP contribution is -2.32. The quantitative estimate of drug-likeness (QED) is 0.691. The minimum atomic E-state index is -3.84. The minimum Gasteiger partial charge on any atom is -0.455 e. The maximum Gasteiger partial charge on any atom is 0.321 e. The first kappa shape index (κ1) is 20.1. The van der Waals surface area contributed by atoms with Crippen molar-refractivity contribution in [1.29, 1.82) is 5.26 Å². The zero-order chi connectivity index (χ0) is 19.9. The Bertz CT molecular complexity index is 962. The number of carbonyl (C=O) groups is 2. The van der Waals surface area contributed by atoms with Gasteiger partial charge in [0.1, 0.15) is 6.54 Å². The number of amides is 1. The number of rotatable bonds is 7. The van der Waals surface area contributed by atoms with Crippen LogP contribution in [0, 0.1) is 18.3 Å². The van der Waals surface area contributed by atoms with E-state index < -0.39 is 35.1 Å². The molecule has 0 aliphatic carbocycles. The smallest absolute Gasteiger partial charge is 0.321 e. The summed E-state index contributed by atoms with van der Waals surface area (Å²) in [6.07, 6.45) is 0. The van der Waals surface area contributed by atoms with E-state index >= 15 is 0 Å². The van der Waals surface area contributed by atoms with Crippen LogP contribution in [-0.2, 0) is 24.3 Å². The first-order chi connectivity index (χ1) is 12.8. The summed E-state index contributed by atoms with van der Waals surface area (Å²) < 4.78 is 31.0. The van der Waals surface area contributed by atoms with E-state index in [9.17, 15) is 18.0 Å². The molecule has 8 nitrogen and oxygen atoms in total. The molecule has 2 N–H and O–H groups in total. The number of hydrogen-bond acceptors (Lipinski definition) is 6. The van der Waals surface area contributed by atoms with Crippen LogP contribution < -0.4 is 10.0 Å². The highest BCUT2D eigenvalue weighted by molar-refractivity contribution is 7.89. The average Bonchev–Trinajstić information content (AvgIpc) is 2.66. The van der Waals surface area contributed by atoms with E-state index in [0.29, 0.717) is 11.3 Å². The van der Waals surface area contributed by atoms with E-state index in [1.165, 1.54) is 36.4 Å². The summed E-state index contributed by atoms with van der Waals surface area (Å²) in [5.74, 6) is -1.48. The Morgan fingerprint density at radius 2 is 1.70 bits per heavy atom. The molecule has 0 bridgehead atoms. The first-order valence-electron chi connectivity index (χ1n) is 7.82. The number of anilines is 1. The number of benzene rings is 2. The number of aryl methyl sites for hydroxylation is 1. The van der Waals surface area contributed by atoms with Crippen molar-refractivity contribution in [1.82, 2.24) is 4.72 Å². The number of sulfonamides is 1. The number of hydrogen-bond donors (Lipinski definition) is 2. The van der Waals surface area contributed by atoms with Gasteiger partial charge in [-0.05, 0) is 43.3 Å². The van der Waals surface area contributed by atoms with Crippen LogP contribution >= 0.6 is 0 Å². The lowest BCUT2D eigenvalue weighted by molar-refractivity contribution is -0.146. The molecular weight excluding hydrogens is 370 g/mol. The summed E-state index contributed by atoms with van der Waals surface area (Å²) in [5, 5.41) is 11.2. The van der Waals surface area contributed by atoms with Crippen molar-refractivity contribution in [3.05, 3.63) is 59.7 Å². The Kier molecular flexibility index (Phi) is 6.65. The molecule has 2 aromatic carbocycles. The Balaban J connectivity index is 1.79. The van der Waals surface area contributed by atoms with E-state index in [-0.39, 0.29) is 4.90 Å². The third-order valence-electron chi connectivity index (χ3n) is 3.40. The Hall–Kier alpha value is -3.22. The Morgan fingerprint density at radius 3 is 2.30 bits per heavy atom. The van der Waals surface area contributed by atoms with Crippen molar-refractivity contribution in [3.8, 4) is 6.07 Å². The molecule has 0 atom stereocenters. The van der Waals surface area contributed by atoms with Gasteiger partial charge < -0.3 is 10.1 Å². The van der Waals surface area contributed by atoms with Crippen LogP contribution in [0.25, 0.3) is 0 Å². The van der Waals surface area contributed by atoms with Crippen LogP contribution in [0.4, 0.5) is 5.69 Å². The fourth-order valence-corrected chi connectivity index (χ4v) is 2.95. The molecule has 0 unspecified atom stereocenters. The second-order valence-corrected chi connectivity index (χ2v) is 7.30. The summed E-state index contributed by atoms with van der Waals surface area (Å²) in [4.78, 5) is 23.4. The van der Waals surface area contributed by atoms with E-state index in [4.69, 9.17) is 10.00 Å². The fraction of sp³-hybridized carbons (Fsp3) is 0.167. The molecule has 0 heterocycles. The van der Waals surface area contributed by atoms with Crippen molar-refractivity contribution in [2.75, 3.05) is 18.5 Å². The van der Waals surface area contributed by atoms with Gasteiger partial charge in [-0.3, -0.25) is 9.59 Å². The second kappa shape index (κ2) is 8.93.